The van der Waals surface area contributed by atoms with Gasteiger partial charge in [0.2, 0.25) is 0 Å². The van der Waals surface area contributed by atoms with Gasteiger partial charge in [0.1, 0.15) is 4.88 Å². The zero-order valence-corrected chi connectivity index (χ0v) is 14.5. The molecule has 2 aromatic rings. The summed E-state index contributed by atoms with van der Waals surface area (Å²) < 4.78 is 0. The third kappa shape index (κ3) is 3.70. The predicted octanol–water partition coefficient (Wildman–Crippen LogP) is 5.02. The molecule has 0 aliphatic heterocycles. The number of hydrazone groups is 1. The molecular formula is C19H22N2OS. The quantitative estimate of drug-likeness (QED) is 0.791. The van der Waals surface area contributed by atoms with Crippen molar-refractivity contribution in [2.75, 3.05) is 0 Å². The van der Waals surface area contributed by atoms with Crippen molar-refractivity contribution in [1.82, 2.24) is 5.43 Å². The first-order valence-electron chi connectivity index (χ1n) is 8.16. The molecule has 4 heteroatoms. The van der Waals surface area contributed by atoms with Gasteiger partial charge in [-0.1, -0.05) is 43.2 Å². The molecule has 1 amide bonds. The Morgan fingerprint density at radius 3 is 2.74 bits per heavy atom. The summed E-state index contributed by atoms with van der Waals surface area (Å²) in [7, 11) is 0. The lowest BCUT2D eigenvalue weighted by molar-refractivity contribution is 0.0959. The van der Waals surface area contributed by atoms with Crippen molar-refractivity contribution < 1.29 is 4.79 Å². The second kappa shape index (κ2) is 7.09. The van der Waals surface area contributed by atoms with Crippen LogP contribution in [-0.2, 0) is 0 Å². The van der Waals surface area contributed by atoms with Gasteiger partial charge in [-0.15, -0.1) is 11.3 Å². The van der Waals surface area contributed by atoms with Crippen LogP contribution >= 0.6 is 11.3 Å². The fourth-order valence-corrected chi connectivity index (χ4v) is 3.76. The van der Waals surface area contributed by atoms with Gasteiger partial charge in [0.25, 0.3) is 5.91 Å². The molecule has 0 bridgehead atoms. The summed E-state index contributed by atoms with van der Waals surface area (Å²) in [5.74, 6) is 0.366. The predicted molar refractivity (Wildman–Crippen MR) is 97.0 cm³/mol. The first kappa shape index (κ1) is 15.9. The Hall–Kier alpha value is -1.94. The van der Waals surface area contributed by atoms with Crippen molar-refractivity contribution in [2.24, 2.45) is 11.0 Å². The Balaban J connectivity index is 1.77. The molecule has 23 heavy (non-hydrogen) atoms. The molecule has 1 fully saturated rings. The summed E-state index contributed by atoms with van der Waals surface area (Å²) in [4.78, 5) is 13.2. The topological polar surface area (TPSA) is 41.5 Å². The zero-order valence-electron chi connectivity index (χ0n) is 13.6. The van der Waals surface area contributed by atoms with E-state index in [1.165, 1.54) is 36.2 Å². The van der Waals surface area contributed by atoms with E-state index in [1.807, 2.05) is 11.4 Å². The molecule has 1 atom stereocenters. The Bertz CT molecular complexity index is 715. The average Bonchev–Trinajstić information content (AvgIpc) is 3.04. The van der Waals surface area contributed by atoms with Crippen LogP contribution in [-0.4, -0.2) is 11.6 Å². The molecule has 0 spiro atoms. The van der Waals surface area contributed by atoms with Crippen LogP contribution in [0.5, 0.6) is 0 Å². The van der Waals surface area contributed by atoms with Crippen LogP contribution in [0, 0.1) is 12.8 Å². The maximum absolute atomic E-state index is 12.5. The molecule has 0 radical (unpaired) electrons. The summed E-state index contributed by atoms with van der Waals surface area (Å²) in [5, 5.41) is 6.35. The molecule has 0 saturated heterocycles. The van der Waals surface area contributed by atoms with Gasteiger partial charge >= 0.3 is 0 Å². The molecule has 120 valence electrons. The number of hydrogen-bond acceptors (Lipinski definition) is 3. The van der Waals surface area contributed by atoms with E-state index in [0.29, 0.717) is 5.92 Å². The summed E-state index contributed by atoms with van der Waals surface area (Å²) in [6.45, 7) is 4.25. The maximum atomic E-state index is 12.5. The SMILES string of the molecule is Cc1ccc(-c2ccsc2C(=O)NN=C2CCCC[C@H]2C)cc1. The summed E-state index contributed by atoms with van der Waals surface area (Å²) in [5.41, 5.74) is 7.15. The Morgan fingerprint density at radius 1 is 1.22 bits per heavy atom. The smallest absolute Gasteiger partial charge is 0.266 e. The van der Waals surface area contributed by atoms with Gasteiger partial charge in [-0.25, -0.2) is 5.43 Å². The van der Waals surface area contributed by atoms with E-state index >= 15 is 0 Å². The van der Waals surface area contributed by atoms with E-state index in [-0.39, 0.29) is 5.91 Å². The van der Waals surface area contributed by atoms with Gasteiger partial charge < -0.3 is 0 Å². The largest absolute Gasteiger partial charge is 0.282 e. The summed E-state index contributed by atoms with van der Waals surface area (Å²) in [6, 6.07) is 10.3. The maximum Gasteiger partial charge on any atom is 0.282 e. The van der Waals surface area contributed by atoms with Crippen LogP contribution in [0.2, 0.25) is 0 Å². The number of nitrogens with zero attached hydrogens (tertiary/aromatic N) is 1. The number of carbonyl (C=O) groups excluding carboxylic acids is 1. The second-order valence-corrected chi connectivity index (χ2v) is 7.14. The molecule has 1 aliphatic carbocycles. The number of thiophene rings is 1. The number of carbonyl (C=O) groups is 1. The molecule has 1 N–H and O–H groups in total. The number of hydrogen-bond donors (Lipinski definition) is 1. The molecule has 1 heterocycles. The highest BCUT2D eigenvalue weighted by Crippen LogP contribution is 2.28. The number of amides is 1. The van der Waals surface area contributed by atoms with E-state index in [9.17, 15) is 4.79 Å². The first-order valence-corrected chi connectivity index (χ1v) is 9.04. The zero-order chi connectivity index (χ0) is 16.2. The number of nitrogens with one attached hydrogen (secondary N) is 1. The van der Waals surface area contributed by atoms with Crippen molar-refractivity contribution in [3.8, 4) is 11.1 Å². The van der Waals surface area contributed by atoms with Crippen molar-refractivity contribution in [2.45, 2.75) is 39.5 Å². The Morgan fingerprint density at radius 2 is 2.00 bits per heavy atom. The van der Waals surface area contributed by atoms with Crippen molar-refractivity contribution >= 4 is 23.0 Å². The Labute approximate surface area is 141 Å². The van der Waals surface area contributed by atoms with Gasteiger partial charge in [-0.05, 0) is 49.1 Å². The van der Waals surface area contributed by atoms with E-state index in [4.69, 9.17) is 0 Å². The van der Waals surface area contributed by atoms with Gasteiger partial charge in [0, 0.05) is 11.3 Å². The van der Waals surface area contributed by atoms with E-state index in [2.05, 4.69) is 48.6 Å². The summed E-state index contributed by atoms with van der Waals surface area (Å²) >= 11 is 1.46. The normalized spacial score (nSPS) is 19.7. The highest BCUT2D eigenvalue weighted by Gasteiger charge is 2.18. The highest BCUT2D eigenvalue weighted by molar-refractivity contribution is 7.12. The average molecular weight is 326 g/mol. The molecule has 0 unspecified atom stereocenters. The summed E-state index contributed by atoms with van der Waals surface area (Å²) in [6.07, 6.45) is 4.60. The van der Waals surface area contributed by atoms with Crippen LogP contribution in [0.4, 0.5) is 0 Å². The van der Waals surface area contributed by atoms with Crippen LogP contribution in [0.25, 0.3) is 11.1 Å². The molecule has 3 rings (SSSR count). The monoisotopic (exact) mass is 326 g/mol. The number of aryl methyl sites for hydroxylation is 1. The van der Waals surface area contributed by atoms with Crippen LogP contribution in [0.1, 0.15) is 47.8 Å². The first-order chi connectivity index (χ1) is 11.1. The molecule has 1 saturated carbocycles. The highest BCUT2D eigenvalue weighted by atomic mass is 32.1. The lowest BCUT2D eigenvalue weighted by Gasteiger charge is -2.19. The van der Waals surface area contributed by atoms with Crippen molar-refractivity contribution in [3.05, 3.63) is 46.2 Å². The third-order valence-corrected chi connectivity index (χ3v) is 5.34. The second-order valence-electron chi connectivity index (χ2n) is 6.22. The lowest BCUT2D eigenvalue weighted by Crippen LogP contribution is -2.24. The molecule has 3 nitrogen and oxygen atoms in total. The fourth-order valence-electron chi connectivity index (χ4n) is 2.95. The van der Waals surface area contributed by atoms with Crippen molar-refractivity contribution in [3.63, 3.8) is 0 Å². The minimum Gasteiger partial charge on any atom is -0.266 e. The van der Waals surface area contributed by atoms with E-state index in [1.54, 1.807) is 0 Å². The van der Waals surface area contributed by atoms with Crippen LogP contribution < -0.4 is 5.43 Å². The van der Waals surface area contributed by atoms with E-state index < -0.39 is 0 Å². The van der Waals surface area contributed by atoms with Gasteiger partial charge in [0.05, 0.1) is 0 Å². The molecule has 1 aliphatic rings. The molecule has 1 aromatic heterocycles. The molecule has 1 aromatic carbocycles. The fraction of sp³-hybridized carbons (Fsp3) is 0.368. The third-order valence-electron chi connectivity index (χ3n) is 4.42. The van der Waals surface area contributed by atoms with Gasteiger partial charge in [0.15, 0.2) is 0 Å². The minimum atomic E-state index is -0.110. The van der Waals surface area contributed by atoms with Crippen LogP contribution in [0.3, 0.4) is 0 Å². The number of rotatable bonds is 3. The molecular weight excluding hydrogens is 304 g/mol. The van der Waals surface area contributed by atoms with Crippen molar-refractivity contribution in [1.29, 1.82) is 0 Å². The standard InChI is InChI=1S/C19H22N2OS/c1-13-7-9-15(10-8-13)16-11-12-23-18(16)19(22)21-20-17-6-4-3-5-14(17)2/h7-12,14H,3-6H2,1-2H3,(H,21,22)/t14-/m1/s1. The number of benzene rings is 1. The van der Waals surface area contributed by atoms with E-state index in [0.717, 1.165) is 28.1 Å². The Kier molecular flexibility index (Phi) is 4.91. The van der Waals surface area contributed by atoms with Gasteiger partial charge in [-0.2, -0.15) is 5.10 Å². The van der Waals surface area contributed by atoms with Crippen LogP contribution in [0.15, 0.2) is 40.8 Å². The van der Waals surface area contributed by atoms with Gasteiger partial charge in [-0.3, -0.25) is 4.79 Å². The minimum absolute atomic E-state index is 0.110. The lowest BCUT2D eigenvalue weighted by atomic mass is 9.89.